The van der Waals surface area contributed by atoms with Crippen LogP contribution in [0, 0.1) is 17.1 Å². The van der Waals surface area contributed by atoms with Crippen molar-refractivity contribution in [1.29, 1.82) is 5.26 Å². The molecule has 0 aliphatic rings. The number of hydrogen-bond donors (Lipinski definition) is 2. The van der Waals surface area contributed by atoms with Crippen molar-refractivity contribution in [3.8, 4) is 11.8 Å². The number of nitriles is 1. The van der Waals surface area contributed by atoms with Crippen molar-refractivity contribution in [2.24, 2.45) is 0 Å². The normalized spacial score (nSPS) is 10.6. The number of unbranched alkanes of at least 4 members (excludes halogenated alkanes) is 1. The SMILES string of the molecule is CCCCOc1c(C#N)c(Cl)c2c(N)nc(N)nc2c1F. The van der Waals surface area contributed by atoms with E-state index in [1.54, 1.807) is 0 Å². The molecule has 0 saturated heterocycles. The van der Waals surface area contributed by atoms with Gasteiger partial charge in [-0.1, -0.05) is 24.9 Å². The lowest BCUT2D eigenvalue weighted by molar-refractivity contribution is 0.294. The van der Waals surface area contributed by atoms with Crippen LogP contribution in [-0.2, 0) is 0 Å². The van der Waals surface area contributed by atoms with Crippen LogP contribution in [-0.4, -0.2) is 16.6 Å². The smallest absolute Gasteiger partial charge is 0.222 e. The molecular formula is C13H13ClFN5O. The molecule has 2 aromatic rings. The molecule has 1 heterocycles. The molecule has 0 aliphatic carbocycles. The maximum atomic E-state index is 14.5. The highest BCUT2D eigenvalue weighted by molar-refractivity contribution is 6.37. The number of nitrogen functional groups attached to an aromatic ring is 2. The summed E-state index contributed by atoms with van der Waals surface area (Å²) in [6.45, 7) is 2.23. The lowest BCUT2D eigenvalue weighted by atomic mass is 10.1. The third kappa shape index (κ3) is 2.62. The average molecular weight is 310 g/mol. The van der Waals surface area contributed by atoms with E-state index in [1.165, 1.54) is 0 Å². The second-order valence-corrected chi connectivity index (χ2v) is 4.71. The number of hydrogen-bond acceptors (Lipinski definition) is 6. The fourth-order valence-electron chi connectivity index (χ4n) is 1.87. The van der Waals surface area contributed by atoms with Crippen molar-refractivity contribution >= 4 is 34.3 Å². The highest BCUT2D eigenvalue weighted by atomic mass is 35.5. The minimum Gasteiger partial charge on any atom is -0.489 e. The topological polar surface area (TPSA) is 111 Å². The summed E-state index contributed by atoms with van der Waals surface area (Å²) in [4.78, 5) is 7.53. The van der Waals surface area contributed by atoms with Crippen LogP contribution >= 0.6 is 11.6 Å². The predicted molar refractivity (Wildman–Crippen MR) is 78.4 cm³/mol. The summed E-state index contributed by atoms with van der Waals surface area (Å²) in [5.74, 6) is -1.32. The van der Waals surface area contributed by atoms with Crippen molar-refractivity contribution in [3.63, 3.8) is 0 Å². The van der Waals surface area contributed by atoms with E-state index in [0.717, 1.165) is 6.42 Å². The van der Waals surface area contributed by atoms with Crippen LogP contribution in [0.1, 0.15) is 25.3 Å². The van der Waals surface area contributed by atoms with E-state index in [2.05, 4.69) is 9.97 Å². The molecule has 1 aromatic carbocycles. The van der Waals surface area contributed by atoms with Crippen molar-refractivity contribution in [2.75, 3.05) is 18.1 Å². The second-order valence-electron chi connectivity index (χ2n) is 4.34. The van der Waals surface area contributed by atoms with Gasteiger partial charge in [-0.15, -0.1) is 0 Å². The first-order valence-corrected chi connectivity index (χ1v) is 6.65. The van der Waals surface area contributed by atoms with Gasteiger partial charge in [0.1, 0.15) is 23.0 Å². The van der Waals surface area contributed by atoms with E-state index < -0.39 is 5.82 Å². The number of halogens is 2. The average Bonchev–Trinajstić information content (AvgIpc) is 2.43. The molecule has 2 rings (SSSR count). The first kappa shape index (κ1) is 15.1. The Hall–Kier alpha value is -2.33. The molecular weight excluding hydrogens is 297 g/mol. The lowest BCUT2D eigenvalue weighted by Gasteiger charge is -2.13. The summed E-state index contributed by atoms with van der Waals surface area (Å²) in [7, 11) is 0. The maximum absolute atomic E-state index is 14.5. The van der Waals surface area contributed by atoms with E-state index in [-0.39, 0.29) is 45.6 Å². The largest absolute Gasteiger partial charge is 0.489 e. The maximum Gasteiger partial charge on any atom is 0.222 e. The number of nitrogens with two attached hydrogens (primary N) is 2. The van der Waals surface area contributed by atoms with Crippen molar-refractivity contribution < 1.29 is 9.13 Å². The monoisotopic (exact) mass is 309 g/mol. The quantitative estimate of drug-likeness (QED) is 0.840. The molecule has 6 nitrogen and oxygen atoms in total. The molecule has 0 atom stereocenters. The number of rotatable bonds is 4. The van der Waals surface area contributed by atoms with E-state index in [0.29, 0.717) is 6.42 Å². The van der Waals surface area contributed by atoms with Crippen LogP contribution < -0.4 is 16.2 Å². The van der Waals surface area contributed by atoms with Gasteiger partial charge < -0.3 is 16.2 Å². The summed E-state index contributed by atoms with van der Waals surface area (Å²) < 4.78 is 19.9. The minimum atomic E-state index is -0.817. The van der Waals surface area contributed by atoms with Gasteiger partial charge in [0.25, 0.3) is 0 Å². The Bertz CT molecular complexity index is 744. The van der Waals surface area contributed by atoms with Crippen LogP contribution in [0.5, 0.6) is 5.75 Å². The zero-order chi connectivity index (χ0) is 15.6. The van der Waals surface area contributed by atoms with Gasteiger partial charge in [0.05, 0.1) is 17.0 Å². The fourth-order valence-corrected chi connectivity index (χ4v) is 2.18. The molecule has 0 unspecified atom stereocenters. The Morgan fingerprint density at radius 3 is 2.71 bits per heavy atom. The van der Waals surface area contributed by atoms with Gasteiger partial charge in [0.15, 0.2) is 11.6 Å². The van der Waals surface area contributed by atoms with Gasteiger partial charge in [-0.3, -0.25) is 0 Å². The van der Waals surface area contributed by atoms with Gasteiger partial charge in [0.2, 0.25) is 5.95 Å². The van der Waals surface area contributed by atoms with Crippen LogP contribution in [0.3, 0.4) is 0 Å². The van der Waals surface area contributed by atoms with Crippen LogP contribution in [0.2, 0.25) is 5.02 Å². The molecule has 21 heavy (non-hydrogen) atoms. The molecule has 0 bridgehead atoms. The predicted octanol–water partition coefficient (Wildman–Crippen LogP) is 2.64. The summed E-state index contributed by atoms with van der Waals surface area (Å²) in [6.07, 6.45) is 1.58. The standard InChI is InChI=1S/C13H13ClFN5O/c1-2-3-4-21-11-6(5-16)8(14)7-10(9(11)15)19-13(18)20-12(7)17/h2-4H2,1H3,(H4,17,18,19,20). The highest BCUT2D eigenvalue weighted by Crippen LogP contribution is 2.39. The van der Waals surface area contributed by atoms with Gasteiger partial charge in [-0.25, -0.2) is 9.37 Å². The summed E-state index contributed by atoms with van der Waals surface area (Å²) in [5, 5.41) is 9.21. The van der Waals surface area contributed by atoms with Crippen LogP contribution in [0.15, 0.2) is 0 Å². The molecule has 1 aromatic heterocycles. The molecule has 0 spiro atoms. The van der Waals surface area contributed by atoms with E-state index in [9.17, 15) is 9.65 Å². The second kappa shape index (κ2) is 5.97. The number of anilines is 2. The molecule has 4 N–H and O–H groups in total. The summed E-state index contributed by atoms with van der Waals surface area (Å²) >= 11 is 6.12. The molecule has 0 aliphatic heterocycles. The van der Waals surface area contributed by atoms with E-state index >= 15 is 0 Å². The molecule has 0 radical (unpaired) electrons. The van der Waals surface area contributed by atoms with Crippen molar-refractivity contribution in [3.05, 3.63) is 16.4 Å². The van der Waals surface area contributed by atoms with Crippen molar-refractivity contribution in [1.82, 2.24) is 9.97 Å². The Labute approximate surface area is 125 Å². The summed E-state index contributed by atoms with van der Waals surface area (Å²) in [5.41, 5.74) is 10.9. The lowest BCUT2D eigenvalue weighted by Crippen LogP contribution is -2.07. The Morgan fingerprint density at radius 2 is 2.10 bits per heavy atom. The van der Waals surface area contributed by atoms with Gasteiger partial charge in [-0.05, 0) is 6.42 Å². The molecule has 0 saturated carbocycles. The molecule has 110 valence electrons. The number of fused-ring (bicyclic) bond motifs is 1. The van der Waals surface area contributed by atoms with Gasteiger partial charge >= 0.3 is 0 Å². The fraction of sp³-hybridized carbons (Fsp3) is 0.308. The zero-order valence-corrected chi connectivity index (χ0v) is 12.0. The van der Waals surface area contributed by atoms with Gasteiger partial charge in [-0.2, -0.15) is 10.2 Å². The molecule has 8 heteroatoms. The number of ether oxygens (including phenoxy) is 1. The third-order valence-corrected chi connectivity index (χ3v) is 3.26. The summed E-state index contributed by atoms with van der Waals surface area (Å²) in [6, 6.07) is 1.83. The highest BCUT2D eigenvalue weighted by Gasteiger charge is 2.23. The van der Waals surface area contributed by atoms with E-state index in [1.807, 2.05) is 13.0 Å². The number of aromatic nitrogens is 2. The third-order valence-electron chi connectivity index (χ3n) is 2.88. The van der Waals surface area contributed by atoms with E-state index in [4.69, 9.17) is 27.8 Å². The Morgan fingerprint density at radius 1 is 1.38 bits per heavy atom. The van der Waals surface area contributed by atoms with Gasteiger partial charge in [0, 0.05) is 0 Å². The van der Waals surface area contributed by atoms with Crippen LogP contribution in [0.25, 0.3) is 10.9 Å². The first-order chi connectivity index (χ1) is 10.0. The molecule has 0 fully saturated rings. The number of nitrogens with zero attached hydrogens (tertiary/aromatic N) is 3. The Balaban J connectivity index is 2.74. The Kier molecular flexibility index (Phi) is 4.29. The first-order valence-electron chi connectivity index (χ1n) is 6.27. The van der Waals surface area contributed by atoms with Crippen LogP contribution in [0.4, 0.5) is 16.2 Å². The number of benzene rings is 1. The molecule has 0 amide bonds. The minimum absolute atomic E-state index is 0.0436. The zero-order valence-electron chi connectivity index (χ0n) is 11.3. The van der Waals surface area contributed by atoms with Crippen molar-refractivity contribution in [2.45, 2.75) is 19.8 Å².